The Balaban J connectivity index is 2.02. The lowest BCUT2D eigenvalue weighted by Crippen LogP contribution is -2.50. The number of anilines is 1. The summed E-state index contributed by atoms with van der Waals surface area (Å²) in [6.45, 7) is 7.43. The van der Waals surface area contributed by atoms with Crippen LogP contribution in [-0.2, 0) is 26.2 Å². The quantitative estimate of drug-likeness (QED) is 0.426. The maximum atomic E-state index is 13.8. The van der Waals surface area contributed by atoms with Gasteiger partial charge in [0.25, 0.3) is 10.0 Å². The van der Waals surface area contributed by atoms with Gasteiger partial charge in [0.2, 0.25) is 11.8 Å². The van der Waals surface area contributed by atoms with Crippen LogP contribution >= 0.6 is 0 Å². The number of nitrogens with one attached hydrogen (secondary N) is 1. The zero-order chi connectivity index (χ0) is 27.2. The molecule has 8 heteroatoms. The lowest BCUT2D eigenvalue weighted by Gasteiger charge is -2.32. The van der Waals surface area contributed by atoms with Crippen molar-refractivity contribution in [2.75, 3.05) is 17.9 Å². The van der Waals surface area contributed by atoms with E-state index in [-0.39, 0.29) is 23.3 Å². The van der Waals surface area contributed by atoms with E-state index in [0.717, 1.165) is 21.0 Å². The summed E-state index contributed by atoms with van der Waals surface area (Å²) in [6, 6.07) is 22.1. The summed E-state index contributed by atoms with van der Waals surface area (Å²) in [5.74, 6) is -0.545. The number of hydrogen-bond donors (Lipinski definition) is 1. The van der Waals surface area contributed by atoms with E-state index in [9.17, 15) is 18.0 Å². The third-order valence-electron chi connectivity index (χ3n) is 6.35. The Bertz CT molecular complexity index is 1310. The maximum absolute atomic E-state index is 13.8. The fourth-order valence-corrected chi connectivity index (χ4v) is 5.39. The third kappa shape index (κ3) is 6.77. The van der Waals surface area contributed by atoms with Crippen LogP contribution in [0.3, 0.4) is 0 Å². The van der Waals surface area contributed by atoms with E-state index in [0.29, 0.717) is 5.69 Å². The monoisotopic (exact) mass is 521 g/mol. The van der Waals surface area contributed by atoms with Crippen molar-refractivity contribution in [3.63, 3.8) is 0 Å². The van der Waals surface area contributed by atoms with Crippen molar-refractivity contribution in [1.82, 2.24) is 10.2 Å². The standard InChI is InChI=1S/C29H35N3O4S/c1-21(2)25-15-17-26(18-16-25)32(37(35,36)27-9-7-6-8-10-27)20-28(33)31(23(4)29(34)30-5)19-24-13-11-22(3)12-14-24/h6-18,21,23H,19-20H2,1-5H3,(H,30,34)/t23-/m1/s1. The Labute approximate surface area is 220 Å². The Hall–Kier alpha value is -3.65. The first-order valence-corrected chi connectivity index (χ1v) is 13.7. The maximum Gasteiger partial charge on any atom is 0.264 e. The van der Waals surface area contributed by atoms with Gasteiger partial charge in [0.15, 0.2) is 0 Å². The average Bonchev–Trinajstić information content (AvgIpc) is 2.90. The van der Waals surface area contributed by atoms with Crippen LogP contribution in [0.1, 0.15) is 43.4 Å². The second-order valence-corrected chi connectivity index (χ2v) is 11.2. The van der Waals surface area contributed by atoms with Crippen molar-refractivity contribution in [2.24, 2.45) is 0 Å². The summed E-state index contributed by atoms with van der Waals surface area (Å²) in [5, 5.41) is 2.59. The van der Waals surface area contributed by atoms with Crippen LogP contribution in [0.15, 0.2) is 83.8 Å². The van der Waals surface area contributed by atoms with E-state index in [1.807, 2.05) is 43.3 Å². The van der Waals surface area contributed by atoms with Crippen molar-refractivity contribution in [3.05, 3.63) is 95.6 Å². The molecule has 37 heavy (non-hydrogen) atoms. The molecular weight excluding hydrogens is 486 g/mol. The second kappa shape index (κ2) is 12.1. The average molecular weight is 522 g/mol. The van der Waals surface area contributed by atoms with Crippen molar-refractivity contribution in [1.29, 1.82) is 0 Å². The van der Waals surface area contributed by atoms with Crippen LogP contribution in [0.25, 0.3) is 0 Å². The molecule has 0 bridgehead atoms. The molecule has 0 aliphatic heterocycles. The number of hydrogen-bond acceptors (Lipinski definition) is 4. The van der Waals surface area contributed by atoms with Crippen LogP contribution < -0.4 is 9.62 Å². The zero-order valence-electron chi connectivity index (χ0n) is 22.0. The van der Waals surface area contributed by atoms with Gasteiger partial charge in [-0.25, -0.2) is 8.42 Å². The molecule has 0 spiro atoms. The number of carbonyl (C=O) groups is 2. The summed E-state index contributed by atoms with van der Waals surface area (Å²) in [6.07, 6.45) is 0. The fourth-order valence-electron chi connectivity index (χ4n) is 3.96. The van der Waals surface area contributed by atoms with Crippen molar-refractivity contribution >= 4 is 27.5 Å². The molecule has 0 radical (unpaired) electrons. The summed E-state index contributed by atoms with van der Waals surface area (Å²) < 4.78 is 28.6. The highest BCUT2D eigenvalue weighted by Gasteiger charge is 2.32. The smallest absolute Gasteiger partial charge is 0.264 e. The van der Waals surface area contributed by atoms with E-state index >= 15 is 0 Å². The molecule has 1 N–H and O–H groups in total. The minimum atomic E-state index is -4.06. The van der Waals surface area contributed by atoms with Crippen molar-refractivity contribution in [3.8, 4) is 0 Å². The predicted octanol–water partition coefficient (Wildman–Crippen LogP) is 4.48. The summed E-state index contributed by atoms with van der Waals surface area (Å²) in [5.41, 5.74) is 3.35. The number of nitrogens with zero attached hydrogens (tertiary/aromatic N) is 2. The summed E-state index contributed by atoms with van der Waals surface area (Å²) in [4.78, 5) is 27.8. The van der Waals surface area contributed by atoms with E-state index in [4.69, 9.17) is 0 Å². The molecule has 0 saturated heterocycles. The van der Waals surface area contributed by atoms with Gasteiger partial charge in [0.1, 0.15) is 12.6 Å². The van der Waals surface area contributed by atoms with Gasteiger partial charge < -0.3 is 10.2 Å². The number of benzene rings is 3. The van der Waals surface area contributed by atoms with Gasteiger partial charge in [0, 0.05) is 13.6 Å². The number of carbonyl (C=O) groups excluding carboxylic acids is 2. The Kier molecular flexibility index (Phi) is 9.10. The normalized spacial score (nSPS) is 12.2. The van der Waals surface area contributed by atoms with E-state index in [2.05, 4.69) is 19.2 Å². The van der Waals surface area contributed by atoms with Crippen LogP contribution in [-0.4, -0.2) is 44.8 Å². The number of rotatable bonds is 10. The van der Waals surface area contributed by atoms with Gasteiger partial charge in [-0.15, -0.1) is 0 Å². The van der Waals surface area contributed by atoms with Gasteiger partial charge in [-0.1, -0.05) is 74.0 Å². The molecule has 3 aromatic carbocycles. The zero-order valence-corrected chi connectivity index (χ0v) is 22.8. The van der Waals surface area contributed by atoms with Crippen LogP contribution in [0, 0.1) is 6.92 Å². The predicted molar refractivity (Wildman–Crippen MR) is 147 cm³/mol. The third-order valence-corrected chi connectivity index (χ3v) is 8.13. The molecule has 1 atom stereocenters. The highest BCUT2D eigenvalue weighted by atomic mass is 32.2. The SMILES string of the molecule is CNC(=O)[C@@H](C)N(Cc1ccc(C)cc1)C(=O)CN(c1ccc(C(C)C)cc1)S(=O)(=O)c1ccccc1. The molecule has 0 heterocycles. The van der Waals surface area contributed by atoms with Crippen LogP contribution in [0.4, 0.5) is 5.69 Å². The lowest BCUT2D eigenvalue weighted by atomic mass is 10.0. The van der Waals surface area contributed by atoms with E-state index in [1.165, 1.54) is 24.1 Å². The van der Waals surface area contributed by atoms with Gasteiger partial charge in [0.05, 0.1) is 10.6 Å². The highest BCUT2D eigenvalue weighted by molar-refractivity contribution is 7.92. The van der Waals surface area contributed by atoms with Gasteiger partial charge >= 0.3 is 0 Å². The first-order chi connectivity index (χ1) is 17.5. The molecule has 0 unspecified atom stereocenters. The Morgan fingerprint density at radius 3 is 2.00 bits per heavy atom. The van der Waals surface area contributed by atoms with E-state index < -0.39 is 28.5 Å². The molecule has 196 valence electrons. The molecular formula is C29H35N3O4S. The Morgan fingerprint density at radius 1 is 0.865 bits per heavy atom. The van der Waals surface area contributed by atoms with Crippen LogP contribution in [0.5, 0.6) is 0 Å². The Morgan fingerprint density at radius 2 is 1.46 bits per heavy atom. The molecule has 0 aliphatic carbocycles. The lowest BCUT2D eigenvalue weighted by molar-refractivity contribution is -0.139. The van der Waals surface area contributed by atoms with Gasteiger partial charge in [-0.3, -0.25) is 13.9 Å². The fraction of sp³-hybridized carbons (Fsp3) is 0.310. The molecule has 2 amide bonds. The summed E-state index contributed by atoms with van der Waals surface area (Å²) >= 11 is 0. The molecule has 0 fully saturated rings. The highest BCUT2D eigenvalue weighted by Crippen LogP contribution is 2.26. The molecule has 7 nitrogen and oxygen atoms in total. The second-order valence-electron chi connectivity index (χ2n) is 9.37. The number of aryl methyl sites for hydroxylation is 1. The molecule has 3 aromatic rings. The largest absolute Gasteiger partial charge is 0.357 e. The molecule has 0 aliphatic rings. The topological polar surface area (TPSA) is 86.8 Å². The van der Waals surface area contributed by atoms with Gasteiger partial charge in [-0.2, -0.15) is 0 Å². The first kappa shape index (κ1) is 27.9. The summed E-state index contributed by atoms with van der Waals surface area (Å²) in [7, 11) is -2.55. The molecule has 0 saturated carbocycles. The molecule has 3 rings (SSSR count). The number of amides is 2. The minimum Gasteiger partial charge on any atom is -0.357 e. The first-order valence-electron chi connectivity index (χ1n) is 12.3. The van der Waals surface area contributed by atoms with Crippen LogP contribution in [0.2, 0.25) is 0 Å². The minimum absolute atomic E-state index is 0.0835. The number of likely N-dealkylation sites (N-methyl/N-ethyl adjacent to an activating group) is 1. The van der Waals surface area contributed by atoms with Crippen molar-refractivity contribution in [2.45, 2.75) is 51.1 Å². The van der Waals surface area contributed by atoms with Gasteiger partial charge in [-0.05, 0) is 55.2 Å². The molecule has 0 aromatic heterocycles. The number of sulfonamides is 1. The van der Waals surface area contributed by atoms with E-state index in [1.54, 1.807) is 37.3 Å². The van der Waals surface area contributed by atoms with Crippen molar-refractivity contribution < 1.29 is 18.0 Å².